The highest BCUT2D eigenvalue weighted by Gasteiger charge is 2.25. The second-order valence-corrected chi connectivity index (χ2v) is 6.48. The smallest absolute Gasteiger partial charge is 0.303 e. The van der Waals surface area contributed by atoms with Crippen LogP contribution in [0.25, 0.3) is 0 Å². The molecule has 1 amide bonds. The lowest BCUT2D eigenvalue weighted by Gasteiger charge is -2.15. The van der Waals surface area contributed by atoms with Crippen molar-refractivity contribution in [2.24, 2.45) is 5.92 Å². The van der Waals surface area contributed by atoms with Crippen LogP contribution in [0.4, 0.5) is 5.69 Å². The molecule has 0 saturated carbocycles. The predicted molar refractivity (Wildman–Crippen MR) is 84.6 cm³/mol. The number of halogens is 2. The number of hydrogen-bond acceptors (Lipinski definition) is 3. The van der Waals surface area contributed by atoms with Gasteiger partial charge >= 0.3 is 5.97 Å². The van der Waals surface area contributed by atoms with Gasteiger partial charge in [-0.15, -0.1) is 0 Å². The zero-order valence-corrected chi connectivity index (χ0v) is 13.7. The van der Waals surface area contributed by atoms with Crippen molar-refractivity contribution in [3.8, 4) is 0 Å². The van der Waals surface area contributed by atoms with Crippen LogP contribution in [0, 0.1) is 5.92 Å². The molecule has 5 nitrogen and oxygen atoms in total. The van der Waals surface area contributed by atoms with E-state index in [0.717, 1.165) is 17.4 Å². The Balaban J connectivity index is 1.84. The molecule has 0 bridgehead atoms. The molecule has 1 aliphatic rings. The fourth-order valence-electron chi connectivity index (χ4n) is 2.45. The lowest BCUT2D eigenvalue weighted by molar-refractivity contribution is -0.138. The Bertz CT molecular complexity index is 553. The van der Waals surface area contributed by atoms with Crippen LogP contribution in [-0.2, 0) is 9.59 Å². The lowest BCUT2D eigenvalue weighted by Crippen LogP contribution is -2.31. The third-order valence-corrected chi connectivity index (χ3v) is 4.21. The van der Waals surface area contributed by atoms with Gasteiger partial charge in [-0.25, -0.2) is 0 Å². The first-order valence-electron chi connectivity index (χ1n) is 6.63. The molecular weight excluding hydrogens is 360 g/mol. The standard InChI is InChI=1S/C14H16BrClN2O3/c15-10-1-2-12(11(16)6-10)17-13(19)8-18-4-3-9(7-18)5-14(20)21/h1-2,6,9H,3-5,7-8H2,(H,17,19)(H,20,21). The van der Waals surface area contributed by atoms with Crippen LogP contribution in [0.2, 0.25) is 5.02 Å². The Morgan fingerprint density at radius 2 is 2.24 bits per heavy atom. The molecular formula is C14H16BrClN2O3. The quantitative estimate of drug-likeness (QED) is 0.830. The molecule has 1 heterocycles. The van der Waals surface area contributed by atoms with E-state index in [1.54, 1.807) is 18.2 Å². The van der Waals surface area contributed by atoms with Gasteiger partial charge in [0.25, 0.3) is 0 Å². The highest BCUT2D eigenvalue weighted by Crippen LogP contribution is 2.26. The van der Waals surface area contributed by atoms with Crippen LogP contribution in [0.5, 0.6) is 0 Å². The van der Waals surface area contributed by atoms with Gasteiger partial charge in [-0.1, -0.05) is 27.5 Å². The molecule has 0 aromatic heterocycles. The summed E-state index contributed by atoms with van der Waals surface area (Å²) in [5.41, 5.74) is 0.575. The average Bonchev–Trinajstić information content (AvgIpc) is 2.79. The summed E-state index contributed by atoms with van der Waals surface area (Å²) in [6.45, 7) is 1.65. The van der Waals surface area contributed by atoms with E-state index in [4.69, 9.17) is 16.7 Å². The number of carboxylic acids is 1. The summed E-state index contributed by atoms with van der Waals surface area (Å²) in [5.74, 6) is -0.797. The number of likely N-dealkylation sites (tertiary alicyclic amines) is 1. The maximum Gasteiger partial charge on any atom is 0.303 e. The van der Waals surface area contributed by atoms with Gasteiger partial charge in [-0.2, -0.15) is 0 Å². The van der Waals surface area contributed by atoms with E-state index in [1.165, 1.54) is 0 Å². The van der Waals surface area contributed by atoms with Gasteiger partial charge in [0, 0.05) is 17.4 Å². The number of anilines is 1. The van der Waals surface area contributed by atoms with Crippen molar-refractivity contribution in [3.63, 3.8) is 0 Å². The summed E-state index contributed by atoms with van der Waals surface area (Å²) in [7, 11) is 0. The maximum absolute atomic E-state index is 12.0. The zero-order chi connectivity index (χ0) is 15.4. The molecule has 1 saturated heterocycles. The molecule has 1 fully saturated rings. The number of benzene rings is 1. The van der Waals surface area contributed by atoms with E-state index < -0.39 is 5.97 Å². The molecule has 1 atom stereocenters. The minimum absolute atomic E-state index is 0.131. The Kier molecular flexibility index (Phi) is 5.61. The second kappa shape index (κ2) is 7.24. The lowest BCUT2D eigenvalue weighted by atomic mass is 10.1. The summed E-state index contributed by atoms with van der Waals surface area (Å²) < 4.78 is 0.849. The first-order valence-corrected chi connectivity index (χ1v) is 7.80. The molecule has 1 aromatic rings. The minimum atomic E-state index is -0.784. The average molecular weight is 376 g/mol. The topological polar surface area (TPSA) is 69.6 Å². The van der Waals surface area contributed by atoms with Gasteiger partial charge < -0.3 is 10.4 Å². The van der Waals surface area contributed by atoms with E-state index in [1.807, 2.05) is 4.90 Å². The predicted octanol–water partition coefficient (Wildman–Crippen LogP) is 2.84. The number of carboxylic acid groups (broad SMARTS) is 1. The Morgan fingerprint density at radius 1 is 1.48 bits per heavy atom. The number of carbonyl (C=O) groups is 2. The number of nitrogens with one attached hydrogen (secondary N) is 1. The molecule has 1 unspecified atom stereocenters. The highest BCUT2D eigenvalue weighted by atomic mass is 79.9. The monoisotopic (exact) mass is 374 g/mol. The van der Waals surface area contributed by atoms with Gasteiger partial charge in [0.2, 0.25) is 5.91 Å². The van der Waals surface area contributed by atoms with Gasteiger partial charge in [0.1, 0.15) is 0 Å². The summed E-state index contributed by atoms with van der Waals surface area (Å²) in [6, 6.07) is 5.26. The molecule has 114 valence electrons. The molecule has 0 radical (unpaired) electrons. The van der Waals surface area contributed by atoms with Crippen LogP contribution in [0.15, 0.2) is 22.7 Å². The first-order chi connectivity index (χ1) is 9.94. The van der Waals surface area contributed by atoms with E-state index in [-0.39, 0.29) is 24.8 Å². The summed E-state index contributed by atoms with van der Waals surface area (Å²) in [4.78, 5) is 24.6. The maximum atomic E-state index is 12.0. The van der Waals surface area contributed by atoms with Gasteiger partial charge in [0.15, 0.2) is 0 Å². The molecule has 7 heteroatoms. The highest BCUT2D eigenvalue weighted by molar-refractivity contribution is 9.10. The van der Waals surface area contributed by atoms with Crippen molar-refractivity contribution in [1.29, 1.82) is 0 Å². The third kappa shape index (κ3) is 4.98. The van der Waals surface area contributed by atoms with Crippen molar-refractivity contribution < 1.29 is 14.7 Å². The Labute approximate surface area is 136 Å². The molecule has 1 aromatic carbocycles. The molecule has 0 aliphatic carbocycles. The number of carbonyl (C=O) groups excluding carboxylic acids is 1. The first kappa shape index (κ1) is 16.3. The van der Waals surface area contributed by atoms with E-state index >= 15 is 0 Å². The van der Waals surface area contributed by atoms with Crippen LogP contribution in [0.3, 0.4) is 0 Å². The van der Waals surface area contributed by atoms with Crippen molar-refractivity contribution in [1.82, 2.24) is 4.90 Å². The Morgan fingerprint density at radius 3 is 2.90 bits per heavy atom. The molecule has 1 aliphatic heterocycles. The zero-order valence-electron chi connectivity index (χ0n) is 11.3. The summed E-state index contributed by atoms with van der Waals surface area (Å²) in [6.07, 6.45) is 0.981. The van der Waals surface area contributed by atoms with Crippen LogP contribution >= 0.6 is 27.5 Å². The van der Waals surface area contributed by atoms with Gasteiger partial charge in [-0.3, -0.25) is 14.5 Å². The summed E-state index contributed by atoms with van der Waals surface area (Å²) >= 11 is 9.35. The third-order valence-electron chi connectivity index (χ3n) is 3.41. The fourth-order valence-corrected chi connectivity index (χ4v) is 3.17. The van der Waals surface area contributed by atoms with E-state index in [2.05, 4.69) is 21.2 Å². The van der Waals surface area contributed by atoms with Gasteiger partial charge in [-0.05, 0) is 37.1 Å². The van der Waals surface area contributed by atoms with Crippen LogP contribution < -0.4 is 5.32 Å². The number of amides is 1. The van der Waals surface area contributed by atoms with E-state index in [9.17, 15) is 9.59 Å². The van der Waals surface area contributed by atoms with E-state index in [0.29, 0.717) is 17.3 Å². The Hall–Kier alpha value is -1.11. The SMILES string of the molecule is O=C(O)CC1CCN(CC(=O)Nc2ccc(Br)cc2Cl)C1. The number of rotatable bonds is 5. The summed E-state index contributed by atoms with van der Waals surface area (Å²) in [5, 5.41) is 12.0. The molecule has 0 spiro atoms. The van der Waals surface area contributed by atoms with Crippen molar-refractivity contribution >= 4 is 45.1 Å². The van der Waals surface area contributed by atoms with Crippen molar-refractivity contribution in [3.05, 3.63) is 27.7 Å². The molecule has 2 rings (SSSR count). The normalized spacial score (nSPS) is 18.7. The largest absolute Gasteiger partial charge is 0.481 e. The number of hydrogen-bond donors (Lipinski definition) is 2. The number of nitrogens with zero attached hydrogens (tertiary/aromatic N) is 1. The number of aliphatic carboxylic acids is 1. The van der Waals surface area contributed by atoms with Gasteiger partial charge in [0.05, 0.1) is 17.3 Å². The second-order valence-electron chi connectivity index (χ2n) is 5.16. The fraction of sp³-hybridized carbons (Fsp3) is 0.429. The minimum Gasteiger partial charge on any atom is -0.481 e. The van der Waals surface area contributed by atoms with Crippen LogP contribution in [0.1, 0.15) is 12.8 Å². The van der Waals surface area contributed by atoms with Crippen molar-refractivity contribution in [2.45, 2.75) is 12.8 Å². The molecule has 21 heavy (non-hydrogen) atoms. The molecule has 2 N–H and O–H groups in total. The van der Waals surface area contributed by atoms with Crippen molar-refractivity contribution in [2.75, 3.05) is 25.0 Å². The van der Waals surface area contributed by atoms with Crippen LogP contribution in [-0.4, -0.2) is 41.5 Å².